The molecule has 1 saturated carbocycles. The van der Waals surface area contributed by atoms with Gasteiger partial charge in [0, 0.05) is 0 Å². The van der Waals surface area contributed by atoms with Gasteiger partial charge in [-0.05, 0) is 0 Å². The van der Waals surface area contributed by atoms with Gasteiger partial charge in [0.2, 0.25) is 0 Å². The van der Waals surface area contributed by atoms with E-state index in [9.17, 15) is 96.6 Å². The van der Waals surface area contributed by atoms with E-state index in [0.29, 0.717) is 0 Å². The number of hydrogen-bond acceptors (Lipinski definition) is 1. The molecule has 0 aromatic rings. The van der Waals surface area contributed by atoms with Gasteiger partial charge in [0.05, 0.1) is 0 Å². The molecule has 1 fully saturated rings. The lowest BCUT2D eigenvalue weighted by molar-refractivity contribution is -0.530. The zero-order valence-corrected chi connectivity index (χ0v) is 14.2. The molecule has 0 saturated heterocycles. The van der Waals surface area contributed by atoms with Gasteiger partial charge in [0.15, 0.2) is 0 Å². The highest BCUT2D eigenvalue weighted by atomic mass is 19.4. The summed E-state index contributed by atoms with van der Waals surface area (Å²) in [7, 11) is 0. The smallest absolute Gasteiger partial charge is 0.262 e. The minimum Gasteiger partial charge on any atom is -0.262 e. The lowest BCUT2D eigenvalue weighted by Crippen LogP contribution is -2.85. The molecule has 0 N–H and O–H groups in total. The summed E-state index contributed by atoms with van der Waals surface area (Å²) in [5.74, 6) is -54.8. The fourth-order valence-corrected chi connectivity index (χ4v) is 2.77. The molecule has 0 aromatic heterocycles. The van der Waals surface area contributed by atoms with Gasteiger partial charge < -0.3 is 0 Å². The van der Waals surface area contributed by atoms with Gasteiger partial charge in [-0.3, -0.25) is 4.74 Å². The molecule has 0 heterocycles. The topological polar surface area (TPSA) is 9.23 Å². The summed E-state index contributed by atoms with van der Waals surface area (Å²) in [4.78, 5) is 0. The van der Waals surface area contributed by atoms with Crippen LogP contribution in [-0.2, 0) is 4.74 Å². The molecule has 23 heteroatoms. The highest BCUT2D eigenvalue weighted by Crippen LogP contribution is 2.75. The van der Waals surface area contributed by atoms with Crippen LogP contribution in [0.15, 0.2) is 0 Å². The molecule has 1 aliphatic rings. The highest BCUT2D eigenvalue weighted by molar-refractivity contribution is 5.33. The molecule has 0 atom stereocenters. The monoisotopic (exact) mass is 566 g/mol. The van der Waals surface area contributed by atoms with E-state index in [-0.39, 0.29) is 0 Å². The number of rotatable bonds is 2. The summed E-state index contributed by atoms with van der Waals surface area (Å²) >= 11 is 0. The number of ether oxygens (including phenoxy) is 1. The molecule has 0 unspecified atom stereocenters. The third kappa shape index (κ3) is 2.95. The predicted octanol–water partition coefficient (Wildman–Crippen LogP) is 6.92. The molecule has 0 radical (unpaired) electrons. The maximum absolute atomic E-state index is 14.7. The number of alkyl halides is 22. The van der Waals surface area contributed by atoms with Crippen molar-refractivity contribution < 1.29 is 101 Å². The quantitative estimate of drug-likeness (QED) is 0.261. The molecular formula is C11F22O. The van der Waals surface area contributed by atoms with Crippen LogP contribution < -0.4 is 0 Å². The van der Waals surface area contributed by atoms with Gasteiger partial charge in [-0.1, -0.05) is 0 Å². The molecule has 1 aliphatic carbocycles. The first-order chi connectivity index (χ1) is 14.2. The van der Waals surface area contributed by atoms with Gasteiger partial charge in [0.1, 0.15) is 0 Å². The van der Waals surface area contributed by atoms with Crippen LogP contribution in [0.4, 0.5) is 96.6 Å². The van der Waals surface area contributed by atoms with E-state index >= 15 is 0 Å². The molecule has 0 amide bonds. The SMILES string of the molecule is FC(F)(F)OC(C(F)(F)F)(C(F)(F)F)C1(F)C(F)(F)C(F)(F)C(F)(F)C(F)(F)C(F)(F)C1(F)F. The standard InChI is InChI=1S/C11F22O/c12-1(2(9(25,26)27,10(28,29)30)34-11(31,32)33)3(13,14)5(17,18)7(21,22)8(23,24)6(19,20)4(1,15)16. The molecule has 0 spiro atoms. The summed E-state index contributed by atoms with van der Waals surface area (Å²) in [6.45, 7) is 0. The van der Waals surface area contributed by atoms with E-state index in [0.717, 1.165) is 4.74 Å². The van der Waals surface area contributed by atoms with Gasteiger partial charge in [-0.2, -0.15) is 79.0 Å². The van der Waals surface area contributed by atoms with Crippen molar-refractivity contribution in [3.05, 3.63) is 0 Å². The number of hydrogen-bond donors (Lipinski definition) is 0. The number of halogens is 22. The minimum absolute atomic E-state index is 0.905. The van der Waals surface area contributed by atoms with Crippen LogP contribution >= 0.6 is 0 Å². The van der Waals surface area contributed by atoms with Gasteiger partial charge >= 0.3 is 59.9 Å². The van der Waals surface area contributed by atoms with Crippen LogP contribution in [0.5, 0.6) is 0 Å². The van der Waals surface area contributed by atoms with Crippen LogP contribution in [0.1, 0.15) is 0 Å². The van der Waals surface area contributed by atoms with E-state index in [2.05, 4.69) is 0 Å². The third-order valence-electron chi connectivity index (χ3n) is 4.39. The molecule has 1 rings (SSSR count). The first kappa shape index (κ1) is 30.5. The molecule has 0 aromatic carbocycles. The van der Waals surface area contributed by atoms with Crippen molar-refractivity contribution in [1.29, 1.82) is 0 Å². The summed E-state index contributed by atoms with van der Waals surface area (Å²) in [6, 6.07) is 0. The average Bonchev–Trinajstić information content (AvgIpc) is 2.54. The fourth-order valence-electron chi connectivity index (χ4n) is 2.77. The second kappa shape index (κ2) is 6.79. The van der Waals surface area contributed by atoms with Crippen molar-refractivity contribution in [1.82, 2.24) is 0 Å². The van der Waals surface area contributed by atoms with E-state index in [1.165, 1.54) is 0 Å². The van der Waals surface area contributed by atoms with E-state index < -0.39 is 65.5 Å². The molecule has 0 bridgehead atoms. The second-order valence-corrected chi connectivity index (χ2v) is 6.33. The van der Waals surface area contributed by atoms with Crippen LogP contribution in [0.25, 0.3) is 0 Å². The Balaban J connectivity index is 4.69. The van der Waals surface area contributed by atoms with Crippen molar-refractivity contribution in [2.75, 3.05) is 0 Å². The second-order valence-electron chi connectivity index (χ2n) is 6.33. The van der Waals surface area contributed by atoms with Crippen molar-refractivity contribution in [3.63, 3.8) is 0 Å². The predicted molar refractivity (Wildman–Crippen MR) is 55.5 cm³/mol. The van der Waals surface area contributed by atoms with Crippen molar-refractivity contribution in [2.24, 2.45) is 0 Å². The summed E-state index contributed by atoms with van der Waals surface area (Å²) < 4.78 is 293. The highest BCUT2D eigenvalue weighted by Gasteiger charge is 3.09. The Hall–Kier alpha value is -1.58. The normalized spacial score (nSPS) is 27.7. The summed E-state index contributed by atoms with van der Waals surface area (Å²) in [5.41, 5.74) is -19.1. The van der Waals surface area contributed by atoms with E-state index in [4.69, 9.17) is 0 Å². The first-order valence-electron chi connectivity index (χ1n) is 7.07. The Kier molecular flexibility index (Phi) is 6.08. The Morgan fingerprint density at radius 3 is 0.735 bits per heavy atom. The van der Waals surface area contributed by atoms with Gasteiger partial charge in [-0.15, -0.1) is 13.2 Å². The largest absolute Gasteiger partial charge is 0.523 e. The van der Waals surface area contributed by atoms with Crippen molar-refractivity contribution >= 4 is 0 Å². The van der Waals surface area contributed by atoms with Gasteiger partial charge in [-0.25, -0.2) is 4.39 Å². The zero-order valence-electron chi connectivity index (χ0n) is 14.2. The molecule has 34 heavy (non-hydrogen) atoms. The van der Waals surface area contributed by atoms with Crippen LogP contribution in [-0.4, -0.2) is 65.5 Å². The van der Waals surface area contributed by atoms with Gasteiger partial charge in [0.25, 0.3) is 5.67 Å². The van der Waals surface area contributed by atoms with Crippen LogP contribution in [0.2, 0.25) is 0 Å². The zero-order chi connectivity index (χ0) is 28.2. The van der Waals surface area contributed by atoms with E-state index in [1.807, 2.05) is 0 Å². The molecule has 0 aliphatic heterocycles. The summed E-state index contributed by atoms with van der Waals surface area (Å²) in [6.07, 6.45) is -25.9. The van der Waals surface area contributed by atoms with Crippen LogP contribution in [0, 0.1) is 0 Å². The molecule has 1 nitrogen and oxygen atoms in total. The van der Waals surface area contributed by atoms with Crippen molar-refractivity contribution in [3.8, 4) is 0 Å². The summed E-state index contributed by atoms with van der Waals surface area (Å²) in [5, 5.41) is 0. The maximum atomic E-state index is 14.7. The third-order valence-corrected chi connectivity index (χ3v) is 4.39. The lowest BCUT2D eigenvalue weighted by Gasteiger charge is -2.51. The first-order valence-corrected chi connectivity index (χ1v) is 7.07. The minimum atomic E-state index is -9.80. The van der Waals surface area contributed by atoms with Crippen molar-refractivity contribution in [2.45, 2.75) is 65.5 Å². The lowest BCUT2D eigenvalue weighted by atomic mass is 9.71. The average molecular weight is 566 g/mol. The van der Waals surface area contributed by atoms with E-state index in [1.54, 1.807) is 0 Å². The fraction of sp³-hybridized carbons (Fsp3) is 1.00. The molecular weight excluding hydrogens is 566 g/mol. The van der Waals surface area contributed by atoms with Crippen LogP contribution in [0.3, 0.4) is 0 Å². The molecule has 204 valence electrons. The Morgan fingerprint density at radius 1 is 0.353 bits per heavy atom. The maximum Gasteiger partial charge on any atom is 0.523 e. The Labute approximate surface area is 168 Å². The Bertz CT molecular complexity index is 741. The Morgan fingerprint density at radius 2 is 0.559 bits per heavy atom.